The molecular formula is C25H29FN8O3. The van der Waals surface area contributed by atoms with Gasteiger partial charge in [-0.25, -0.2) is 9.37 Å². The number of fused-ring (bicyclic) bond motifs is 1. The number of pyridine rings is 1. The molecule has 11 nitrogen and oxygen atoms in total. The predicted octanol–water partition coefficient (Wildman–Crippen LogP) is 2.56. The number of rotatable bonds is 5. The molecule has 0 aromatic carbocycles. The maximum Gasteiger partial charge on any atom is 0.272 e. The molecule has 0 radical (unpaired) electrons. The molecule has 2 N–H and O–H groups in total. The Morgan fingerprint density at radius 3 is 2.84 bits per heavy atom. The van der Waals surface area contributed by atoms with Crippen LogP contribution in [0.5, 0.6) is 5.88 Å². The Bertz CT molecular complexity index is 1360. The van der Waals surface area contributed by atoms with Gasteiger partial charge in [0, 0.05) is 36.2 Å². The number of nitrogens with zero attached hydrogens (tertiary/aromatic N) is 6. The number of carbonyl (C=O) groups is 2. The number of aromatic nitrogens is 6. The number of hydrogen-bond acceptors (Lipinski definition) is 7. The number of amides is 2. The highest BCUT2D eigenvalue weighted by Crippen LogP contribution is 2.50. The number of hydrogen-bond donors (Lipinski definition) is 2. The van der Waals surface area contributed by atoms with E-state index >= 15 is 0 Å². The fourth-order valence-electron chi connectivity index (χ4n) is 5.73. The molecule has 194 valence electrons. The van der Waals surface area contributed by atoms with Crippen LogP contribution in [0.4, 0.5) is 4.39 Å². The Balaban J connectivity index is 1.14. The van der Waals surface area contributed by atoms with Crippen LogP contribution in [0.25, 0.3) is 11.3 Å². The van der Waals surface area contributed by atoms with Crippen molar-refractivity contribution in [1.82, 2.24) is 40.2 Å². The van der Waals surface area contributed by atoms with Crippen molar-refractivity contribution < 1.29 is 18.7 Å². The van der Waals surface area contributed by atoms with Gasteiger partial charge < -0.3 is 19.5 Å². The molecular weight excluding hydrogens is 479 g/mol. The van der Waals surface area contributed by atoms with Crippen molar-refractivity contribution >= 4 is 11.8 Å². The lowest BCUT2D eigenvalue weighted by Crippen LogP contribution is -2.51. The Labute approximate surface area is 212 Å². The zero-order valence-corrected chi connectivity index (χ0v) is 20.8. The van der Waals surface area contributed by atoms with E-state index in [0.29, 0.717) is 25.1 Å². The molecule has 12 heteroatoms. The Morgan fingerprint density at radius 1 is 1.22 bits per heavy atom. The molecule has 37 heavy (non-hydrogen) atoms. The zero-order valence-electron chi connectivity index (χ0n) is 20.8. The average molecular weight is 509 g/mol. The number of aromatic amines is 1. The Hall–Kier alpha value is -3.83. The summed E-state index contributed by atoms with van der Waals surface area (Å²) in [7, 11) is 1.45. The minimum atomic E-state index is -0.553. The molecule has 1 aliphatic carbocycles. The second kappa shape index (κ2) is 8.93. The lowest BCUT2D eigenvalue weighted by Gasteiger charge is -2.40. The highest BCUT2D eigenvalue weighted by atomic mass is 19.1. The molecule has 2 aliphatic heterocycles. The van der Waals surface area contributed by atoms with E-state index in [1.165, 1.54) is 13.2 Å². The van der Waals surface area contributed by atoms with Gasteiger partial charge in [-0.15, -0.1) is 10.2 Å². The average Bonchev–Trinajstić information content (AvgIpc) is 3.31. The molecule has 0 bridgehead atoms. The van der Waals surface area contributed by atoms with Crippen molar-refractivity contribution in [3.05, 3.63) is 41.5 Å². The van der Waals surface area contributed by atoms with Crippen molar-refractivity contribution in [1.29, 1.82) is 0 Å². The lowest BCUT2D eigenvalue weighted by atomic mass is 9.87. The molecule has 2 amide bonds. The molecule has 1 saturated carbocycles. The van der Waals surface area contributed by atoms with E-state index in [1.54, 1.807) is 6.07 Å². The molecule has 3 aromatic heterocycles. The van der Waals surface area contributed by atoms with E-state index in [1.807, 2.05) is 11.8 Å². The molecule has 5 heterocycles. The second-order valence-electron chi connectivity index (χ2n) is 10.2. The van der Waals surface area contributed by atoms with Gasteiger partial charge in [0.1, 0.15) is 11.5 Å². The number of piperidine rings is 1. The number of nitrogens with one attached hydrogen (secondary N) is 2. The van der Waals surface area contributed by atoms with E-state index < -0.39 is 5.82 Å². The van der Waals surface area contributed by atoms with Crippen LogP contribution in [-0.2, 0) is 11.3 Å². The predicted molar refractivity (Wildman–Crippen MR) is 129 cm³/mol. The maximum absolute atomic E-state index is 14.3. The fraction of sp³-hybridized carbons (Fsp3) is 0.520. The van der Waals surface area contributed by atoms with Crippen molar-refractivity contribution in [2.24, 2.45) is 5.92 Å². The monoisotopic (exact) mass is 508 g/mol. The van der Waals surface area contributed by atoms with E-state index in [0.717, 1.165) is 50.1 Å². The third kappa shape index (κ3) is 4.13. The molecule has 2 fully saturated rings. The molecule has 1 spiro atoms. The summed E-state index contributed by atoms with van der Waals surface area (Å²) in [6, 6.07) is 2.87. The number of halogens is 1. The largest absolute Gasteiger partial charge is 0.481 e. The van der Waals surface area contributed by atoms with Crippen LogP contribution in [0.15, 0.2) is 18.3 Å². The van der Waals surface area contributed by atoms with Crippen LogP contribution in [0.2, 0.25) is 0 Å². The second-order valence-corrected chi connectivity index (χ2v) is 10.2. The minimum Gasteiger partial charge on any atom is -0.481 e. The Morgan fingerprint density at radius 2 is 2.05 bits per heavy atom. The number of carbonyl (C=O) groups excluding carboxylic acids is 2. The summed E-state index contributed by atoms with van der Waals surface area (Å²) in [5.74, 6) is 1.06. The smallest absolute Gasteiger partial charge is 0.272 e. The van der Waals surface area contributed by atoms with Gasteiger partial charge in [-0.2, -0.15) is 5.10 Å². The molecule has 3 aromatic rings. The number of aryl methyl sites for hydroxylation is 1. The third-order valence-corrected chi connectivity index (χ3v) is 7.93. The van der Waals surface area contributed by atoms with Gasteiger partial charge in [0.25, 0.3) is 5.91 Å². The molecule has 2 unspecified atom stereocenters. The highest BCUT2D eigenvalue weighted by molar-refractivity contribution is 5.94. The van der Waals surface area contributed by atoms with E-state index in [4.69, 9.17) is 4.74 Å². The van der Waals surface area contributed by atoms with Gasteiger partial charge in [-0.05, 0) is 51.5 Å². The first-order valence-corrected chi connectivity index (χ1v) is 12.7. The molecule has 1 saturated heterocycles. The minimum absolute atomic E-state index is 0.0170. The van der Waals surface area contributed by atoms with Crippen LogP contribution in [0, 0.1) is 18.7 Å². The van der Waals surface area contributed by atoms with Crippen molar-refractivity contribution in [3.63, 3.8) is 0 Å². The lowest BCUT2D eigenvalue weighted by molar-refractivity contribution is -0.128. The van der Waals surface area contributed by atoms with E-state index in [-0.39, 0.29) is 46.5 Å². The van der Waals surface area contributed by atoms with Crippen LogP contribution in [0.3, 0.4) is 0 Å². The number of ether oxygens (including phenoxy) is 1. The summed E-state index contributed by atoms with van der Waals surface area (Å²) in [4.78, 5) is 32.4. The number of methoxy groups -OCH3 is 1. The topological polar surface area (TPSA) is 131 Å². The molecule has 6 rings (SSSR count). The third-order valence-electron chi connectivity index (χ3n) is 7.93. The first kappa shape index (κ1) is 23.6. The van der Waals surface area contributed by atoms with Crippen LogP contribution in [0.1, 0.15) is 66.7 Å². The normalized spacial score (nSPS) is 22.0. The maximum atomic E-state index is 14.3. The van der Waals surface area contributed by atoms with Gasteiger partial charge in [0.15, 0.2) is 11.6 Å². The van der Waals surface area contributed by atoms with Crippen molar-refractivity contribution in [3.8, 4) is 17.1 Å². The summed E-state index contributed by atoms with van der Waals surface area (Å²) in [6.45, 7) is 3.28. The summed E-state index contributed by atoms with van der Waals surface area (Å²) in [5.41, 5.74) is 0.469. The first-order valence-electron chi connectivity index (χ1n) is 12.7. The molecule has 3 aliphatic rings. The zero-order chi connectivity index (χ0) is 25.7. The Kier molecular flexibility index (Phi) is 5.68. The van der Waals surface area contributed by atoms with Crippen LogP contribution >= 0.6 is 0 Å². The SMILES string of the molecule is COc1cc(-c2cc(C(=O)N3CCC(C(=O)NC4CCCn5c(C)nnc54)CC34CC4)[nH]n2)c(F)cn1. The van der Waals surface area contributed by atoms with Crippen molar-refractivity contribution in [2.45, 2.75) is 63.6 Å². The van der Waals surface area contributed by atoms with Crippen LogP contribution < -0.4 is 10.1 Å². The van der Waals surface area contributed by atoms with Gasteiger partial charge in [0.2, 0.25) is 11.8 Å². The van der Waals surface area contributed by atoms with Crippen molar-refractivity contribution in [2.75, 3.05) is 13.7 Å². The van der Waals surface area contributed by atoms with Gasteiger partial charge in [-0.1, -0.05) is 0 Å². The fourth-order valence-corrected chi connectivity index (χ4v) is 5.73. The first-order chi connectivity index (χ1) is 17.9. The summed E-state index contributed by atoms with van der Waals surface area (Å²) in [6.07, 6.45) is 5.80. The van der Waals surface area contributed by atoms with Gasteiger partial charge >= 0.3 is 0 Å². The standard InChI is InChI=1S/C25H29FN8O3/c1-14-29-32-22-18(4-3-8-33(14)22)28-23(35)15-5-9-34(25(12-15)6-7-25)24(36)20-11-19(30-31-20)16-10-21(37-2)27-13-17(16)26/h10-11,13,15,18H,3-9,12H2,1-2H3,(H,28,35)(H,30,31). The van der Waals surface area contributed by atoms with Gasteiger partial charge in [0.05, 0.1) is 25.0 Å². The van der Waals surface area contributed by atoms with Crippen LogP contribution in [-0.4, -0.2) is 65.9 Å². The summed E-state index contributed by atoms with van der Waals surface area (Å²) in [5, 5.41) is 18.6. The van der Waals surface area contributed by atoms with E-state index in [2.05, 4.69) is 35.3 Å². The molecule has 2 atom stereocenters. The highest BCUT2D eigenvalue weighted by Gasteiger charge is 2.54. The summed E-state index contributed by atoms with van der Waals surface area (Å²) >= 11 is 0. The quantitative estimate of drug-likeness (QED) is 0.542. The number of likely N-dealkylation sites (tertiary alicyclic amines) is 1. The van der Waals surface area contributed by atoms with E-state index in [9.17, 15) is 14.0 Å². The number of H-pyrrole nitrogens is 1. The van der Waals surface area contributed by atoms with Gasteiger partial charge in [-0.3, -0.25) is 14.7 Å². The summed E-state index contributed by atoms with van der Waals surface area (Å²) < 4.78 is 21.5.